The molecule has 0 radical (unpaired) electrons. The number of amides is 1. The number of methoxy groups -OCH3 is 1. The third-order valence-electron chi connectivity index (χ3n) is 4.64. The average molecular weight is 390 g/mol. The standard InChI is InChI=1S/C23H26N4O2/c1-15-7-5-8-16(2)22(15)27-21-14-20(25-17(3)26-21)23(28)24-12-11-18-9-6-10-19(13-18)29-4/h5-10,13-14H,11-12H2,1-4H3,(H,24,28)(H,25,26,27). The Kier molecular flexibility index (Phi) is 6.44. The Morgan fingerprint density at radius 2 is 1.72 bits per heavy atom. The summed E-state index contributed by atoms with van der Waals surface area (Å²) in [5, 5.41) is 6.25. The largest absolute Gasteiger partial charge is 0.497 e. The molecule has 150 valence electrons. The second kappa shape index (κ2) is 9.19. The molecule has 3 rings (SSSR count). The van der Waals surface area contributed by atoms with Gasteiger partial charge in [0.2, 0.25) is 0 Å². The number of rotatable bonds is 7. The summed E-state index contributed by atoms with van der Waals surface area (Å²) in [6.07, 6.45) is 0.709. The van der Waals surface area contributed by atoms with Gasteiger partial charge in [-0.25, -0.2) is 9.97 Å². The van der Waals surface area contributed by atoms with Crippen molar-refractivity contribution >= 4 is 17.4 Å². The topological polar surface area (TPSA) is 76.1 Å². The summed E-state index contributed by atoms with van der Waals surface area (Å²) in [6.45, 7) is 6.36. The zero-order valence-electron chi connectivity index (χ0n) is 17.2. The Morgan fingerprint density at radius 1 is 1.00 bits per heavy atom. The molecule has 29 heavy (non-hydrogen) atoms. The van der Waals surface area contributed by atoms with Crippen molar-refractivity contribution in [1.82, 2.24) is 15.3 Å². The Labute approximate surface area is 171 Å². The van der Waals surface area contributed by atoms with Crippen molar-refractivity contribution in [2.24, 2.45) is 0 Å². The lowest BCUT2D eigenvalue weighted by Crippen LogP contribution is -2.27. The zero-order valence-corrected chi connectivity index (χ0v) is 17.2. The van der Waals surface area contributed by atoms with E-state index in [1.54, 1.807) is 20.1 Å². The molecule has 0 spiro atoms. The monoisotopic (exact) mass is 390 g/mol. The Balaban J connectivity index is 1.67. The van der Waals surface area contributed by atoms with Crippen molar-refractivity contribution in [3.63, 3.8) is 0 Å². The number of hydrogen-bond acceptors (Lipinski definition) is 5. The van der Waals surface area contributed by atoms with Crippen molar-refractivity contribution < 1.29 is 9.53 Å². The number of anilines is 2. The number of carbonyl (C=O) groups is 1. The molecule has 0 atom stereocenters. The van der Waals surface area contributed by atoms with Crippen LogP contribution in [0.2, 0.25) is 0 Å². The first-order valence-electron chi connectivity index (χ1n) is 9.56. The fourth-order valence-electron chi connectivity index (χ4n) is 3.13. The highest BCUT2D eigenvalue weighted by atomic mass is 16.5. The molecule has 1 heterocycles. The van der Waals surface area contributed by atoms with E-state index in [2.05, 4.69) is 20.6 Å². The first-order valence-corrected chi connectivity index (χ1v) is 9.56. The van der Waals surface area contributed by atoms with Crippen LogP contribution in [0.5, 0.6) is 5.75 Å². The number of ether oxygens (including phenoxy) is 1. The molecule has 2 aromatic carbocycles. The van der Waals surface area contributed by atoms with E-state index in [1.807, 2.05) is 56.3 Å². The summed E-state index contributed by atoms with van der Waals surface area (Å²) in [4.78, 5) is 21.3. The number of hydrogen-bond donors (Lipinski definition) is 2. The number of nitrogens with one attached hydrogen (secondary N) is 2. The second-order valence-electron chi connectivity index (χ2n) is 6.93. The normalized spacial score (nSPS) is 10.5. The van der Waals surface area contributed by atoms with Gasteiger partial charge in [0.1, 0.15) is 23.1 Å². The van der Waals surface area contributed by atoms with Crippen LogP contribution in [0.25, 0.3) is 0 Å². The Morgan fingerprint density at radius 3 is 2.45 bits per heavy atom. The highest BCUT2D eigenvalue weighted by molar-refractivity contribution is 5.93. The van der Waals surface area contributed by atoms with Crippen LogP contribution >= 0.6 is 0 Å². The summed E-state index contributed by atoms with van der Waals surface area (Å²) in [5.41, 5.74) is 4.67. The highest BCUT2D eigenvalue weighted by Gasteiger charge is 2.12. The molecule has 0 bridgehead atoms. The molecule has 0 aliphatic rings. The predicted octanol–water partition coefficient (Wildman–Crippen LogP) is 4.13. The first kappa shape index (κ1) is 20.3. The van der Waals surface area contributed by atoms with Crippen LogP contribution in [0.15, 0.2) is 48.5 Å². The van der Waals surface area contributed by atoms with Crippen LogP contribution in [-0.4, -0.2) is 29.5 Å². The van der Waals surface area contributed by atoms with Gasteiger partial charge in [-0.2, -0.15) is 0 Å². The lowest BCUT2D eigenvalue weighted by atomic mass is 10.1. The molecule has 0 fully saturated rings. The number of aryl methyl sites for hydroxylation is 3. The summed E-state index contributed by atoms with van der Waals surface area (Å²) in [5.74, 6) is 1.73. The van der Waals surface area contributed by atoms with Crippen LogP contribution in [-0.2, 0) is 6.42 Å². The maximum atomic E-state index is 12.6. The molecular formula is C23H26N4O2. The van der Waals surface area contributed by atoms with E-state index < -0.39 is 0 Å². The first-order chi connectivity index (χ1) is 14.0. The van der Waals surface area contributed by atoms with E-state index >= 15 is 0 Å². The fourth-order valence-corrected chi connectivity index (χ4v) is 3.13. The molecule has 2 N–H and O–H groups in total. The minimum atomic E-state index is -0.219. The molecule has 6 heteroatoms. The molecule has 1 aromatic heterocycles. The van der Waals surface area contributed by atoms with Crippen LogP contribution in [0, 0.1) is 20.8 Å². The van der Waals surface area contributed by atoms with E-state index in [-0.39, 0.29) is 5.91 Å². The van der Waals surface area contributed by atoms with Gasteiger partial charge in [0.15, 0.2) is 0 Å². The summed E-state index contributed by atoms with van der Waals surface area (Å²) in [6, 6.07) is 15.6. The van der Waals surface area contributed by atoms with Gasteiger partial charge in [-0.3, -0.25) is 4.79 Å². The van der Waals surface area contributed by atoms with Crippen molar-refractivity contribution in [2.45, 2.75) is 27.2 Å². The van der Waals surface area contributed by atoms with Gasteiger partial charge in [-0.15, -0.1) is 0 Å². The van der Waals surface area contributed by atoms with Crippen LogP contribution in [0.3, 0.4) is 0 Å². The highest BCUT2D eigenvalue weighted by Crippen LogP contribution is 2.23. The van der Waals surface area contributed by atoms with Gasteiger partial charge in [-0.05, 0) is 56.0 Å². The van der Waals surface area contributed by atoms with Gasteiger partial charge < -0.3 is 15.4 Å². The SMILES string of the molecule is COc1cccc(CCNC(=O)c2cc(Nc3c(C)cccc3C)nc(C)n2)c1. The van der Waals surface area contributed by atoms with E-state index in [1.165, 1.54) is 0 Å². The lowest BCUT2D eigenvalue weighted by Gasteiger charge is -2.13. The number of carbonyl (C=O) groups excluding carboxylic acids is 1. The van der Waals surface area contributed by atoms with Crippen molar-refractivity contribution in [1.29, 1.82) is 0 Å². The number of para-hydroxylation sites is 1. The van der Waals surface area contributed by atoms with Crippen LogP contribution in [0.4, 0.5) is 11.5 Å². The van der Waals surface area contributed by atoms with E-state index in [9.17, 15) is 4.79 Å². The summed E-state index contributed by atoms with van der Waals surface area (Å²) >= 11 is 0. The molecule has 0 unspecified atom stereocenters. The fraction of sp³-hybridized carbons (Fsp3) is 0.261. The zero-order chi connectivity index (χ0) is 20.8. The quantitative estimate of drug-likeness (QED) is 0.634. The number of benzene rings is 2. The van der Waals surface area contributed by atoms with Crippen molar-refractivity contribution in [2.75, 3.05) is 19.0 Å². The van der Waals surface area contributed by atoms with Gasteiger partial charge in [-0.1, -0.05) is 30.3 Å². The molecule has 0 aliphatic carbocycles. The van der Waals surface area contributed by atoms with Gasteiger partial charge in [0.05, 0.1) is 7.11 Å². The molecule has 0 saturated carbocycles. The van der Waals surface area contributed by atoms with Crippen LogP contribution < -0.4 is 15.4 Å². The predicted molar refractivity (Wildman–Crippen MR) is 115 cm³/mol. The smallest absolute Gasteiger partial charge is 0.270 e. The second-order valence-corrected chi connectivity index (χ2v) is 6.93. The lowest BCUT2D eigenvalue weighted by molar-refractivity contribution is 0.0949. The van der Waals surface area contributed by atoms with Crippen molar-refractivity contribution in [3.05, 3.63) is 76.7 Å². The minimum Gasteiger partial charge on any atom is -0.497 e. The molecule has 0 saturated heterocycles. The molecule has 3 aromatic rings. The summed E-state index contributed by atoms with van der Waals surface area (Å²) < 4.78 is 5.23. The van der Waals surface area contributed by atoms with E-state index in [0.29, 0.717) is 30.3 Å². The third kappa shape index (κ3) is 5.31. The number of nitrogens with zero attached hydrogens (tertiary/aromatic N) is 2. The maximum Gasteiger partial charge on any atom is 0.270 e. The summed E-state index contributed by atoms with van der Waals surface area (Å²) in [7, 11) is 1.64. The van der Waals surface area contributed by atoms with Gasteiger partial charge >= 0.3 is 0 Å². The minimum absolute atomic E-state index is 0.219. The molecular weight excluding hydrogens is 364 g/mol. The van der Waals surface area contributed by atoms with E-state index in [4.69, 9.17) is 4.74 Å². The average Bonchev–Trinajstić information content (AvgIpc) is 2.70. The Hall–Kier alpha value is -3.41. The molecule has 0 aliphatic heterocycles. The molecule has 1 amide bonds. The Bertz CT molecular complexity index is 997. The molecule has 6 nitrogen and oxygen atoms in total. The van der Waals surface area contributed by atoms with E-state index in [0.717, 1.165) is 28.1 Å². The van der Waals surface area contributed by atoms with Gasteiger partial charge in [0.25, 0.3) is 5.91 Å². The van der Waals surface area contributed by atoms with Gasteiger partial charge in [0, 0.05) is 18.3 Å². The van der Waals surface area contributed by atoms with Crippen molar-refractivity contribution in [3.8, 4) is 5.75 Å². The maximum absolute atomic E-state index is 12.6. The van der Waals surface area contributed by atoms with Crippen LogP contribution in [0.1, 0.15) is 33.0 Å². The third-order valence-corrected chi connectivity index (χ3v) is 4.64. The number of aromatic nitrogens is 2.